The number of nitriles is 1. The van der Waals surface area contributed by atoms with E-state index >= 15 is 0 Å². The second-order valence-electron chi connectivity index (χ2n) is 1.69. The molecule has 4 nitrogen and oxygen atoms in total. The lowest BCUT2D eigenvalue weighted by molar-refractivity contribution is -0.132. The van der Waals surface area contributed by atoms with Crippen LogP contribution >= 0.6 is 11.8 Å². The van der Waals surface area contributed by atoms with Crippen LogP contribution in [0.3, 0.4) is 0 Å². The minimum atomic E-state index is -1.20. The Bertz CT molecular complexity index is 277. The molecule has 0 bridgehead atoms. The molecule has 1 aliphatic rings. The Hall–Kier alpha value is -1.41. The summed E-state index contributed by atoms with van der Waals surface area (Å²) in [6.45, 7) is 0. The summed E-state index contributed by atoms with van der Waals surface area (Å²) >= 11 is 1.19. The Morgan fingerprint density at radius 1 is 1.82 bits per heavy atom. The molecule has 5 heteroatoms. The van der Waals surface area contributed by atoms with E-state index in [-0.39, 0.29) is 5.57 Å². The standard InChI is InChI=1S/C6H4N2O2S/c7-3-4(6(9)10)5-8-1-2-11-5/h1-2,8H,(H,9,10). The molecule has 1 heterocycles. The predicted molar refractivity (Wildman–Crippen MR) is 40.1 cm³/mol. The van der Waals surface area contributed by atoms with E-state index in [1.807, 2.05) is 0 Å². The van der Waals surface area contributed by atoms with Crippen molar-refractivity contribution >= 4 is 17.7 Å². The summed E-state index contributed by atoms with van der Waals surface area (Å²) in [6, 6.07) is 1.60. The van der Waals surface area contributed by atoms with E-state index in [1.165, 1.54) is 11.8 Å². The maximum absolute atomic E-state index is 10.4. The highest BCUT2D eigenvalue weighted by atomic mass is 32.2. The van der Waals surface area contributed by atoms with Crippen molar-refractivity contribution in [2.75, 3.05) is 0 Å². The van der Waals surface area contributed by atoms with E-state index in [1.54, 1.807) is 17.7 Å². The second kappa shape index (κ2) is 3.12. The van der Waals surface area contributed by atoms with Gasteiger partial charge in [-0.25, -0.2) is 4.79 Å². The van der Waals surface area contributed by atoms with Crippen LogP contribution in [-0.2, 0) is 4.79 Å². The average molecular weight is 168 g/mol. The monoisotopic (exact) mass is 168 g/mol. The van der Waals surface area contributed by atoms with Gasteiger partial charge in [0.15, 0.2) is 5.57 Å². The highest BCUT2D eigenvalue weighted by Crippen LogP contribution is 2.22. The van der Waals surface area contributed by atoms with Crippen molar-refractivity contribution < 1.29 is 9.90 Å². The molecular weight excluding hydrogens is 164 g/mol. The minimum Gasteiger partial charge on any atom is -0.477 e. The van der Waals surface area contributed by atoms with Gasteiger partial charge in [0.25, 0.3) is 0 Å². The molecule has 0 fully saturated rings. The van der Waals surface area contributed by atoms with Crippen LogP contribution in [0, 0.1) is 11.3 Å². The van der Waals surface area contributed by atoms with Gasteiger partial charge in [-0.15, -0.1) is 0 Å². The average Bonchev–Trinajstić information content (AvgIpc) is 2.40. The Morgan fingerprint density at radius 2 is 2.55 bits per heavy atom. The van der Waals surface area contributed by atoms with Crippen LogP contribution in [0.1, 0.15) is 0 Å². The summed E-state index contributed by atoms with van der Waals surface area (Å²) in [4.78, 5) is 10.4. The fraction of sp³-hybridized carbons (Fsp3) is 0. The maximum atomic E-state index is 10.4. The SMILES string of the molecule is N#CC(C(=O)O)=C1NC=CS1. The number of thioether (sulfide) groups is 1. The molecule has 56 valence electrons. The molecule has 0 unspecified atom stereocenters. The van der Waals surface area contributed by atoms with Crippen LogP contribution in [0.25, 0.3) is 0 Å². The Kier molecular flexibility index (Phi) is 2.18. The first kappa shape index (κ1) is 7.69. The van der Waals surface area contributed by atoms with Crippen molar-refractivity contribution in [3.63, 3.8) is 0 Å². The Labute approximate surface area is 67.2 Å². The number of hydrogen-bond acceptors (Lipinski definition) is 4. The van der Waals surface area contributed by atoms with E-state index in [0.29, 0.717) is 5.03 Å². The number of carbonyl (C=O) groups is 1. The normalized spacial score (nSPS) is 18.8. The topological polar surface area (TPSA) is 73.1 Å². The van der Waals surface area contributed by atoms with Crippen molar-refractivity contribution in [2.45, 2.75) is 0 Å². The molecule has 0 aliphatic carbocycles. The molecule has 0 amide bonds. The van der Waals surface area contributed by atoms with Crippen LogP contribution in [-0.4, -0.2) is 11.1 Å². The third-order valence-electron chi connectivity index (χ3n) is 1.02. The van der Waals surface area contributed by atoms with Gasteiger partial charge in [-0.3, -0.25) is 0 Å². The first-order valence-electron chi connectivity index (χ1n) is 2.71. The molecule has 2 N–H and O–H groups in total. The van der Waals surface area contributed by atoms with Gasteiger partial charge in [0.05, 0.1) is 0 Å². The van der Waals surface area contributed by atoms with Crippen LogP contribution in [0.2, 0.25) is 0 Å². The largest absolute Gasteiger partial charge is 0.477 e. The van der Waals surface area contributed by atoms with Gasteiger partial charge in [0, 0.05) is 6.20 Å². The first-order valence-corrected chi connectivity index (χ1v) is 3.59. The van der Waals surface area contributed by atoms with Gasteiger partial charge in [-0.1, -0.05) is 11.8 Å². The van der Waals surface area contributed by atoms with Crippen LogP contribution in [0.15, 0.2) is 22.2 Å². The molecule has 1 rings (SSSR count). The number of hydrogen-bond donors (Lipinski definition) is 2. The highest BCUT2D eigenvalue weighted by Gasteiger charge is 2.14. The van der Waals surface area contributed by atoms with Crippen LogP contribution < -0.4 is 5.32 Å². The minimum absolute atomic E-state index is 0.250. The van der Waals surface area contributed by atoms with Gasteiger partial charge >= 0.3 is 5.97 Å². The molecule has 0 aromatic carbocycles. The molecule has 1 aliphatic heterocycles. The van der Waals surface area contributed by atoms with Gasteiger partial charge in [0.1, 0.15) is 11.1 Å². The van der Waals surface area contributed by atoms with Crippen molar-refractivity contribution in [3.8, 4) is 6.07 Å². The lowest BCUT2D eigenvalue weighted by Gasteiger charge is -1.96. The Balaban J connectivity index is 2.93. The molecule has 0 saturated carbocycles. The van der Waals surface area contributed by atoms with Gasteiger partial charge in [-0.05, 0) is 5.41 Å². The van der Waals surface area contributed by atoms with Crippen LogP contribution in [0.4, 0.5) is 0 Å². The van der Waals surface area contributed by atoms with Gasteiger partial charge in [-0.2, -0.15) is 5.26 Å². The Morgan fingerprint density at radius 3 is 2.91 bits per heavy atom. The summed E-state index contributed by atoms with van der Waals surface area (Å²) in [5.41, 5.74) is -0.250. The maximum Gasteiger partial charge on any atom is 0.349 e. The van der Waals surface area contributed by atoms with E-state index in [4.69, 9.17) is 10.4 Å². The van der Waals surface area contributed by atoms with E-state index in [2.05, 4.69) is 5.32 Å². The summed E-state index contributed by atoms with van der Waals surface area (Å²) < 4.78 is 0. The summed E-state index contributed by atoms with van der Waals surface area (Å²) in [6.07, 6.45) is 1.58. The smallest absolute Gasteiger partial charge is 0.349 e. The van der Waals surface area contributed by atoms with E-state index in [0.717, 1.165) is 0 Å². The number of nitrogens with one attached hydrogen (secondary N) is 1. The zero-order chi connectivity index (χ0) is 8.27. The lowest BCUT2D eigenvalue weighted by atomic mass is 10.3. The first-order chi connectivity index (χ1) is 5.25. The quantitative estimate of drug-likeness (QED) is 0.443. The lowest BCUT2D eigenvalue weighted by Crippen LogP contribution is -2.07. The predicted octanol–water partition coefficient (Wildman–Crippen LogP) is 0.614. The molecule has 0 atom stereocenters. The third-order valence-corrected chi connectivity index (χ3v) is 1.85. The molecule has 0 aromatic heterocycles. The number of carboxylic acids is 1. The zero-order valence-corrected chi connectivity index (χ0v) is 6.18. The fourth-order valence-corrected chi connectivity index (χ4v) is 1.23. The summed E-state index contributed by atoms with van der Waals surface area (Å²) in [5.74, 6) is -1.20. The van der Waals surface area contributed by atoms with Gasteiger partial charge in [0.2, 0.25) is 0 Å². The van der Waals surface area contributed by atoms with Crippen molar-refractivity contribution in [2.24, 2.45) is 0 Å². The van der Waals surface area contributed by atoms with Gasteiger partial charge < -0.3 is 10.4 Å². The summed E-state index contributed by atoms with van der Waals surface area (Å²) in [7, 11) is 0. The molecule has 0 aromatic rings. The van der Waals surface area contributed by atoms with Crippen molar-refractivity contribution in [1.82, 2.24) is 5.32 Å². The third kappa shape index (κ3) is 1.53. The molecular formula is C6H4N2O2S. The highest BCUT2D eigenvalue weighted by molar-refractivity contribution is 8.06. The van der Waals surface area contributed by atoms with Crippen LogP contribution in [0.5, 0.6) is 0 Å². The second-order valence-corrected chi connectivity index (χ2v) is 2.60. The molecule has 0 spiro atoms. The van der Waals surface area contributed by atoms with Crippen molar-refractivity contribution in [1.29, 1.82) is 5.26 Å². The number of carboxylic acid groups (broad SMARTS) is 1. The molecule has 11 heavy (non-hydrogen) atoms. The zero-order valence-electron chi connectivity index (χ0n) is 5.37. The number of aliphatic carboxylic acids is 1. The fourth-order valence-electron chi connectivity index (χ4n) is 0.573. The molecule has 0 radical (unpaired) electrons. The molecule has 0 saturated heterocycles. The van der Waals surface area contributed by atoms with E-state index in [9.17, 15) is 4.79 Å². The van der Waals surface area contributed by atoms with Crippen molar-refractivity contribution in [3.05, 3.63) is 22.2 Å². The number of rotatable bonds is 1. The summed E-state index contributed by atoms with van der Waals surface area (Å²) in [5, 5.41) is 21.6. The number of nitrogens with zero attached hydrogens (tertiary/aromatic N) is 1. The van der Waals surface area contributed by atoms with E-state index < -0.39 is 5.97 Å².